The van der Waals surface area contributed by atoms with Crippen LogP contribution in [0, 0.1) is 5.92 Å². The first-order valence-corrected chi connectivity index (χ1v) is 11.1. The minimum absolute atomic E-state index is 0.164. The van der Waals surface area contributed by atoms with Crippen molar-refractivity contribution in [3.8, 4) is 5.75 Å². The highest BCUT2D eigenvalue weighted by molar-refractivity contribution is 5.51. The Morgan fingerprint density at radius 2 is 1.86 bits per heavy atom. The van der Waals surface area contributed by atoms with E-state index in [0.29, 0.717) is 18.0 Å². The van der Waals surface area contributed by atoms with Crippen LogP contribution in [0.25, 0.3) is 0 Å². The molecule has 0 saturated carbocycles. The van der Waals surface area contributed by atoms with Gasteiger partial charge in [-0.15, -0.1) is 0 Å². The molecule has 0 radical (unpaired) electrons. The second-order valence-corrected chi connectivity index (χ2v) is 8.74. The Labute approximate surface area is 176 Å². The van der Waals surface area contributed by atoms with E-state index in [-0.39, 0.29) is 6.10 Å². The van der Waals surface area contributed by atoms with Crippen LogP contribution in [-0.2, 0) is 6.54 Å². The van der Waals surface area contributed by atoms with Crippen LogP contribution in [-0.4, -0.2) is 25.2 Å². The van der Waals surface area contributed by atoms with Crippen LogP contribution >= 0.6 is 0 Å². The average Bonchev–Trinajstić information content (AvgIpc) is 2.72. The molecule has 0 aliphatic carbocycles. The Kier molecular flexibility index (Phi) is 7.96. The van der Waals surface area contributed by atoms with E-state index in [1.54, 1.807) is 0 Å². The summed E-state index contributed by atoms with van der Waals surface area (Å²) >= 11 is 0. The Morgan fingerprint density at radius 3 is 2.59 bits per heavy atom. The molecule has 1 aliphatic rings. The van der Waals surface area contributed by atoms with Gasteiger partial charge in [0.05, 0.1) is 6.10 Å². The Morgan fingerprint density at radius 1 is 1.07 bits per heavy atom. The van der Waals surface area contributed by atoms with Gasteiger partial charge >= 0.3 is 0 Å². The minimum Gasteiger partial charge on any atom is -0.491 e. The summed E-state index contributed by atoms with van der Waals surface area (Å²) in [5.74, 6) is 1.59. The van der Waals surface area contributed by atoms with Crippen molar-refractivity contribution < 1.29 is 4.74 Å². The van der Waals surface area contributed by atoms with Crippen LogP contribution in [0.4, 0.5) is 5.69 Å². The monoisotopic (exact) mass is 395 g/mol. The lowest BCUT2D eigenvalue weighted by molar-refractivity contribution is 0.238. The Hall–Kier alpha value is -2.04. The van der Waals surface area contributed by atoms with E-state index in [1.165, 1.54) is 24.0 Å². The lowest BCUT2D eigenvalue weighted by Crippen LogP contribution is -2.45. The van der Waals surface area contributed by atoms with Gasteiger partial charge in [0.1, 0.15) is 5.75 Å². The summed E-state index contributed by atoms with van der Waals surface area (Å²) in [6.45, 7) is 11.5. The number of hydrogen-bond acceptors (Lipinski definition) is 4. The summed E-state index contributed by atoms with van der Waals surface area (Å²) in [6, 6.07) is 18.0. The van der Waals surface area contributed by atoms with Crippen LogP contribution < -0.4 is 20.7 Å². The van der Waals surface area contributed by atoms with E-state index in [4.69, 9.17) is 4.74 Å². The van der Waals surface area contributed by atoms with Gasteiger partial charge in [0.15, 0.2) is 0 Å². The molecule has 0 bridgehead atoms. The highest BCUT2D eigenvalue weighted by Gasteiger charge is 2.25. The second kappa shape index (κ2) is 10.7. The molecule has 2 aromatic rings. The van der Waals surface area contributed by atoms with Crippen molar-refractivity contribution in [2.24, 2.45) is 5.92 Å². The van der Waals surface area contributed by atoms with Crippen LogP contribution in [0.2, 0.25) is 0 Å². The van der Waals surface area contributed by atoms with Crippen LogP contribution in [0.15, 0.2) is 48.5 Å². The van der Waals surface area contributed by atoms with Gasteiger partial charge < -0.3 is 20.7 Å². The van der Waals surface area contributed by atoms with E-state index in [1.807, 2.05) is 0 Å². The SMILES string of the molecule is CC(C)CNc1ccc(OC(C)C)c(CN[C@H]2CCCN[C@H]2c2ccccc2)c1. The second-order valence-electron chi connectivity index (χ2n) is 8.74. The number of rotatable bonds is 9. The lowest BCUT2D eigenvalue weighted by atomic mass is 9.92. The zero-order valence-corrected chi connectivity index (χ0v) is 18.4. The van der Waals surface area contributed by atoms with Gasteiger partial charge in [0.2, 0.25) is 0 Å². The van der Waals surface area contributed by atoms with Crippen molar-refractivity contribution in [3.63, 3.8) is 0 Å². The molecule has 1 aliphatic heterocycles. The summed E-state index contributed by atoms with van der Waals surface area (Å²) in [4.78, 5) is 0. The van der Waals surface area contributed by atoms with Crippen molar-refractivity contribution in [2.75, 3.05) is 18.4 Å². The molecule has 0 spiro atoms. The van der Waals surface area contributed by atoms with E-state index >= 15 is 0 Å². The quantitative estimate of drug-likeness (QED) is 0.551. The highest BCUT2D eigenvalue weighted by Crippen LogP contribution is 2.27. The molecule has 4 heteroatoms. The molecular weight excluding hydrogens is 358 g/mol. The first-order valence-electron chi connectivity index (χ1n) is 11.1. The molecule has 0 aromatic heterocycles. The number of hydrogen-bond donors (Lipinski definition) is 3. The van der Waals surface area contributed by atoms with Crippen molar-refractivity contribution >= 4 is 5.69 Å². The van der Waals surface area contributed by atoms with E-state index in [9.17, 15) is 0 Å². The van der Waals surface area contributed by atoms with Crippen molar-refractivity contribution in [2.45, 2.75) is 65.3 Å². The third kappa shape index (κ3) is 6.48. The van der Waals surface area contributed by atoms with Gasteiger partial charge in [-0.25, -0.2) is 0 Å². The van der Waals surface area contributed by atoms with Gasteiger partial charge in [-0.05, 0) is 62.9 Å². The van der Waals surface area contributed by atoms with Crippen LogP contribution in [0.1, 0.15) is 57.7 Å². The average molecular weight is 396 g/mol. The number of anilines is 1. The summed E-state index contributed by atoms with van der Waals surface area (Å²) in [6.07, 6.45) is 2.54. The molecule has 2 atom stereocenters. The number of ether oxygens (including phenoxy) is 1. The van der Waals surface area contributed by atoms with Gasteiger partial charge in [-0.2, -0.15) is 0 Å². The maximum atomic E-state index is 6.09. The summed E-state index contributed by atoms with van der Waals surface area (Å²) < 4.78 is 6.09. The number of piperidine rings is 1. The predicted octanol–water partition coefficient (Wildman–Crippen LogP) is 5.12. The van der Waals surface area contributed by atoms with Crippen molar-refractivity contribution in [1.29, 1.82) is 0 Å². The molecule has 29 heavy (non-hydrogen) atoms. The fourth-order valence-electron chi connectivity index (χ4n) is 3.88. The summed E-state index contributed by atoms with van der Waals surface area (Å²) in [7, 11) is 0. The molecule has 4 nitrogen and oxygen atoms in total. The first kappa shape index (κ1) is 21.7. The smallest absolute Gasteiger partial charge is 0.124 e. The number of nitrogens with one attached hydrogen (secondary N) is 3. The fourth-order valence-corrected chi connectivity index (χ4v) is 3.88. The third-order valence-corrected chi connectivity index (χ3v) is 5.31. The molecule has 0 amide bonds. The van der Waals surface area contributed by atoms with Crippen LogP contribution in [0.5, 0.6) is 5.75 Å². The Bertz CT molecular complexity index is 745. The lowest BCUT2D eigenvalue weighted by Gasteiger charge is -2.34. The van der Waals surface area contributed by atoms with Gasteiger partial charge in [0.25, 0.3) is 0 Å². The van der Waals surface area contributed by atoms with Gasteiger partial charge in [-0.1, -0.05) is 44.2 Å². The topological polar surface area (TPSA) is 45.3 Å². The zero-order valence-electron chi connectivity index (χ0n) is 18.4. The number of benzene rings is 2. The van der Waals surface area contributed by atoms with Crippen LogP contribution in [0.3, 0.4) is 0 Å². The maximum absolute atomic E-state index is 6.09. The maximum Gasteiger partial charge on any atom is 0.124 e. The molecule has 2 aromatic carbocycles. The summed E-state index contributed by atoms with van der Waals surface area (Å²) in [5.41, 5.74) is 3.73. The largest absolute Gasteiger partial charge is 0.491 e. The Balaban J connectivity index is 1.73. The molecule has 158 valence electrons. The van der Waals surface area contributed by atoms with E-state index in [2.05, 4.69) is 92.2 Å². The third-order valence-electron chi connectivity index (χ3n) is 5.31. The fraction of sp³-hybridized carbons (Fsp3) is 0.520. The molecule has 3 rings (SSSR count). The molecule has 1 heterocycles. The molecular formula is C25H37N3O. The van der Waals surface area contributed by atoms with Crippen molar-refractivity contribution in [1.82, 2.24) is 10.6 Å². The van der Waals surface area contributed by atoms with E-state index in [0.717, 1.165) is 31.1 Å². The molecule has 3 N–H and O–H groups in total. The zero-order chi connectivity index (χ0) is 20.6. The van der Waals surface area contributed by atoms with Gasteiger partial charge in [0, 0.05) is 36.4 Å². The minimum atomic E-state index is 0.164. The molecule has 1 saturated heterocycles. The van der Waals surface area contributed by atoms with Gasteiger partial charge in [-0.3, -0.25) is 0 Å². The first-order chi connectivity index (χ1) is 14.0. The van der Waals surface area contributed by atoms with E-state index < -0.39 is 0 Å². The molecule has 0 unspecified atom stereocenters. The molecule has 1 fully saturated rings. The standard InChI is InChI=1S/C25H37N3O/c1-18(2)16-27-22-12-13-24(29-19(3)4)21(15-22)17-28-23-11-8-14-26-25(23)20-9-6-5-7-10-20/h5-7,9-10,12-13,15,18-19,23,25-28H,8,11,14,16-17H2,1-4H3/t23-,25-/m0/s1. The predicted molar refractivity (Wildman–Crippen MR) is 123 cm³/mol. The summed E-state index contributed by atoms with van der Waals surface area (Å²) in [5, 5.41) is 11.1. The van der Waals surface area contributed by atoms with Crippen molar-refractivity contribution in [3.05, 3.63) is 59.7 Å². The highest BCUT2D eigenvalue weighted by atomic mass is 16.5. The normalized spacial score (nSPS) is 19.5.